The molecule has 1 aromatic carbocycles. The van der Waals surface area contributed by atoms with Crippen LogP contribution in [0.2, 0.25) is 0 Å². The van der Waals surface area contributed by atoms with Gasteiger partial charge in [0.2, 0.25) is 11.7 Å². The lowest BCUT2D eigenvalue weighted by Gasteiger charge is -2.08. The maximum Gasteiger partial charge on any atom is 0.265 e. The Hall–Kier alpha value is -1.12. The van der Waals surface area contributed by atoms with Crippen LogP contribution in [0.4, 0.5) is 0 Å². The van der Waals surface area contributed by atoms with Gasteiger partial charge in [0.25, 0.3) is 9.05 Å². The highest BCUT2D eigenvalue weighted by atomic mass is 79.9. The number of halogens is 2. The summed E-state index contributed by atoms with van der Waals surface area (Å²) in [4.78, 5) is 3.82. The number of aryl methyl sites for hydroxylation is 1. The van der Waals surface area contributed by atoms with E-state index in [-0.39, 0.29) is 17.3 Å². The lowest BCUT2D eigenvalue weighted by atomic mass is 10.3. The molecule has 2 rings (SSSR count). The van der Waals surface area contributed by atoms with Gasteiger partial charge in [0.15, 0.2) is 6.61 Å². The van der Waals surface area contributed by atoms with Crippen LogP contribution in [0.15, 0.2) is 32.1 Å². The fourth-order valence-electron chi connectivity index (χ4n) is 1.33. The molecule has 19 heavy (non-hydrogen) atoms. The normalized spacial score (nSPS) is 11.5. The van der Waals surface area contributed by atoms with E-state index in [0.717, 1.165) is 0 Å². The molecule has 0 saturated heterocycles. The van der Waals surface area contributed by atoms with Gasteiger partial charge in [-0.05, 0) is 18.2 Å². The van der Waals surface area contributed by atoms with E-state index < -0.39 is 9.05 Å². The zero-order valence-electron chi connectivity index (χ0n) is 9.63. The van der Waals surface area contributed by atoms with Crippen molar-refractivity contribution in [3.63, 3.8) is 0 Å². The van der Waals surface area contributed by atoms with Gasteiger partial charge in [0, 0.05) is 22.1 Å². The second-order valence-electron chi connectivity index (χ2n) is 3.55. The van der Waals surface area contributed by atoms with Crippen LogP contribution < -0.4 is 4.74 Å². The Kier molecular flexibility index (Phi) is 4.12. The Morgan fingerprint density at radius 1 is 1.47 bits per heavy atom. The number of hydrogen-bond acceptors (Lipinski definition) is 6. The Balaban J connectivity index is 2.25. The van der Waals surface area contributed by atoms with Gasteiger partial charge < -0.3 is 9.26 Å². The number of hydrogen-bond donors (Lipinski definition) is 0. The first-order chi connectivity index (χ1) is 8.86. The second kappa shape index (κ2) is 5.48. The summed E-state index contributed by atoms with van der Waals surface area (Å²) in [6.07, 6.45) is 0. The molecule has 0 aliphatic carbocycles. The summed E-state index contributed by atoms with van der Waals surface area (Å²) < 4.78 is 33.6. The molecule has 0 aliphatic rings. The molecule has 6 nitrogen and oxygen atoms in total. The lowest BCUT2D eigenvalue weighted by molar-refractivity contribution is 0.279. The van der Waals surface area contributed by atoms with Crippen molar-refractivity contribution in [3.05, 3.63) is 34.4 Å². The first kappa shape index (κ1) is 14.3. The number of ether oxygens (including phenoxy) is 1. The third-order valence-electron chi connectivity index (χ3n) is 2.09. The van der Waals surface area contributed by atoms with Crippen molar-refractivity contribution in [2.75, 3.05) is 0 Å². The molecule has 0 amide bonds. The molecule has 0 spiro atoms. The molecule has 0 saturated carbocycles. The Morgan fingerprint density at radius 3 is 2.79 bits per heavy atom. The largest absolute Gasteiger partial charge is 0.484 e. The summed E-state index contributed by atoms with van der Waals surface area (Å²) >= 11 is 3.17. The zero-order chi connectivity index (χ0) is 14.0. The molecule has 0 fully saturated rings. The molecular weight excluding hydrogens is 360 g/mol. The molecule has 0 atom stereocenters. The summed E-state index contributed by atoms with van der Waals surface area (Å²) in [5.74, 6) is 0.846. The molecule has 102 valence electrons. The summed E-state index contributed by atoms with van der Waals surface area (Å²) in [6.45, 7) is 1.63. The van der Waals surface area contributed by atoms with Gasteiger partial charge in [-0.2, -0.15) is 4.98 Å². The maximum absolute atomic E-state index is 11.4. The molecule has 0 bridgehead atoms. The molecule has 9 heteroatoms. The molecule has 0 unspecified atom stereocenters. The van der Waals surface area contributed by atoms with Gasteiger partial charge in [0.1, 0.15) is 10.6 Å². The van der Waals surface area contributed by atoms with E-state index >= 15 is 0 Å². The van der Waals surface area contributed by atoms with Crippen molar-refractivity contribution in [2.45, 2.75) is 18.4 Å². The monoisotopic (exact) mass is 366 g/mol. The summed E-state index contributed by atoms with van der Waals surface area (Å²) in [5.41, 5.74) is 0. The average Bonchev–Trinajstić information content (AvgIpc) is 2.72. The number of rotatable bonds is 4. The first-order valence-electron chi connectivity index (χ1n) is 5.02. The summed E-state index contributed by atoms with van der Waals surface area (Å²) in [5, 5.41) is 3.64. The van der Waals surface area contributed by atoms with Crippen molar-refractivity contribution < 1.29 is 17.7 Å². The molecular formula is C10H8BrClN2O4S. The molecule has 1 heterocycles. The third-order valence-corrected chi connectivity index (χ3v) is 3.93. The van der Waals surface area contributed by atoms with Gasteiger partial charge in [-0.3, -0.25) is 0 Å². The van der Waals surface area contributed by atoms with E-state index in [2.05, 4.69) is 26.1 Å². The van der Waals surface area contributed by atoms with Crippen LogP contribution in [0.25, 0.3) is 0 Å². The minimum absolute atomic E-state index is 0.0155. The third kappa shape index (κ3) is 3.68. The summed E-state index contributed by atoms with van der Waals surface area (Å²) in [7, 11) is 1.44. The van der Waals surface area contributed by atoms with Crippen LogP contribution in [-0.2, 0) is 15.7 Å². The topological polar surface area (TPSA) is 82.3 Å². The molecule has 0 radical (unpaired) electrons. The maximum atomic E-state index is 11.4. The number of nitrogens with zero attached hydrogens (tertiary/aromatic N) is 2. The van der Waals surface area contributed by atoms with E-state index in [1.807, 2.05) is 0 Å². The SMILES string of the molecule is Cc1nc(COc2ccc(Br)cc2S(=O)(=O)Cl)no1. The number of benzene rings is 1. The van der Waals surface area contributed by atoms with Gasteiger partial charge in [-0.25, -0.2) is 8.42 Å². The molecule has 0 N–H and O–H groups in total. The smallest absolute Gasteiger partial charge is 0.265 e. The highest BCUT2D eigenvalue weighted by Crippen LogP contribution is 2.30. The minimum atomic E-state index is -3.90. The zero-order valence-corrected chi connectivity index (χ0v) is 12.8. The van der Waals surface area contributed by atoms with Gasteiger partial charge >= 0.3 is 0 Å². The van der Waals surface area contributed by atoms with E-state index in [0.29, 0.717) is 16.2 Å². The number of aromatic nitrogens is 2. The van der Waals surface area contributed by atoms with Gasteiger partial charge in [-0.1, -0.05) is 21.1 Å². The highest BCUT2D eigenvalue weighted by molar-refractivity contribution is 9.10. The Bertz CT molecular complexity index is 701. The minimum Gasteiger partial charge on any atom is -0.484 e. The quantitative estimate of drug-likeness (QED) is 0.773. The van der Waals surface area contributed by atoms with Crippen LogP contribution >= 0.6 is 26.6 Å². The Morgan fingerprint density at radius 2 is 2.21 bits per heavy atom. The average molecular weight is 368 g/mol. The van der Waals surface area contributed by atoms with E-state index in [1.165, 1.54) is 12.1 Å². The molecule has 1 aromatic heterocycles. The van der Waals surface area contributed by atoms with E-state index in [1.54, 1.807) is 13.0 Å². The van der Waals surface area contributed by atoms with Crippen LogP contribution in [0.3, 0.4) is 0 Å². The van der Waals surface area contributed by atoms with Crippen LogP contribution in [0, 0.1) is 6.92 Å². The fourth-order valence-corrected chi connectivity index (χ4v) is 2.84. The van der Waals surface area contributed by atoms with Crippen LogP contribution in [0.1, 0.15) is 11.7 Å². The summed E-state index contributed by atoms with van der Waals surface area (Å²) in [6, 6.07) is 4.49. The van der Waals surface area contributed by atoms with Crippen molar-refractivity contribution in [3.8, 4) is 5.75 Å². The van der Waals surface area contributed by atoms with Crippen LogP contribution in [-0.4, -0.2) is 18.6 Å². The molecule has 0 aliphatic heterocycles. The molecule has 2 aromatic rings. The standard InChI is InChI=1S/C10H8BrClN2O4S/c1-6-13-10(14-18-6)5-17-8-3-2-7(11)4-9(8)19(12,15)16/h2-4H,5H2,1H3. The van der Waals surface area contributed by atoms with Crippen molar-refractivity contribution in [1.82, 2.24) is 10.1 Å². The fraction of sp³-hybridized carbons (Fsp3) is 0.200. The second-order valence-corrected chi connectivity index (χ2v) is 7.00. The van der Waals surface area contributed by atoms with Gasteiger partial charge in [0.05, 0.1) is 0 Å². The highest BCUT2D eigenvalue weighted by Gasteiger charge is 2.18. The predicted molar refractivity (Wildman–Crippen MR) is 70.5 cm³/mol. The van der Waals surface area contributed by atoms with Gasteiger partial charge in [-0.15, -0.1) is 0 Å². The van der Waals surface area contributed by atoms with Crippen LogP contribution in [0.5, 0.6) is 5.75 Å². The predicted octanol–water partition coefficient (Wildman–Crippen LogP) is 2.65. The lowest BCUT2D eigenvalue weighted by Crippen LogP contribution is -2.02. The van der Waals surface area contributed by atoms with E-state index in [4.69, 9.17) is 19.9 Å². The van der Waals surface area contributed by atoms with Crippen molar-refractivity contribution >= 4 is 35.7 Å². The van der Waals surface area contributed by atoms with Crippen molar-refractivity contribution in [2.24, 2.45) is 0 Å². The Labute approximate surface area is 122 Å². The first-order valence-corrected chi connectivity index (χ1v) is 8.12. The van der Waals surface area contributed by atoms with E-state index in [9.17, 15) is 8.42 Å². The van der Waals surface area contributed by atoms with Crippen molar-refractivity contribution in [1.29, 1.82) is 0 Å².